The molecule has 9 heteroatoms. The number of hydrazone groups is 1. The van der Waals surface area contributed by atoms with Crippen LogP contribution >= 0.6 is 11.3 Å². The van der Waals surface area contributed by atoms with Gasteiger partial charge >= 0.3 is 0 Å². The number of carbonyl (C=O) groups excluding carboxylic acids is 2. The van der Waals surface area contributed by atoms with Crippen molar-refractivity contribution < 1.29 is 19.8 Å². The van der Waals surface area contributed by atoms with Crippen LogP contribution in [0, 0.1) is 0 Å². The molecular formula is C17H20N4O4S. The monoisotopic (exact) mass is 376 g/mol. The van der Waals surface area contributed by atoms with Gasteiger partial charge in [-0.15, -0.1) is 11.3 Å². The molecular weight excluding hydrogens is 356 g/mol. The lowest BCUT2D eigenvalue weighted by molar-refractivity contribution is -0.153. The quantitative estimate of drug-likeness (QED) is 0.426. The average molecular weight is 376 g/mol. The highest BCUT2D eigenvalue weighted by atomic mass is 32.1. The first kappa shape index (κ1) is 19.7. The number of amides is 2. The van der Waals surface area contributed by atoms with Gasteiger partial charge in [-0.3, -0.25) is 14.6 Å². The van der Waals surface area contributed by atoms with Gasteiger partial charge in [0.15, 0.2) is 12.2 Å². The van der Waals surface area contributed by atoms with Crippen molar-refractivity contribution in [2.24, 2.45) is 5.10 Å². The van der Waals surface area contributed by atoms with Gasteiger partial charge in [0.25, 0.3) is 11.8 Å². The minimum Gasteiger partial charge on any atom is -0.380 e. The molecule has 8 nitrogen and oxygen atoms in total. The molecule has 26 heavy (non-hydrogen) atoms. The van der Waals surface area contributed by atoms with Gasteiger partial charge in [0.1, 0.15) is 0 Å². The van der Waals surface area contributed by atoms with E-state index in [9.17, 15) is 19.8 Å². The summed E-state index contributed by atoms with van der Waals surface area (Å²) in [5.74, 6) is -1.75. The first-order chi connectivity index (χ1) is 12.5. The van der Waals surface area contributed by atoms with Gasteiger partial charge in [0, 0.05) is 30.5 Å². The Kier molecular flexibility index (Phi) is 7.39. The van der Waals surface area contributed by atoms with E-state index in [0.29, 0.717) is 12.0 Å². The number of aliphatic hydroxyl groups is 2. The number of carbonyl (C=O) groups is 2. The maximum atomic E-state index is 12.3. The highest BCUT2D eigenvalue weighted by Crippen LogP contribution is 2.09. The first-order valence-corrected chi connectivity index (χ1v) is 8.74. The van der Waals surface area contributed by atoms with Crippen molar-refractivity contribution in [3.05, 3.63) is 52.5 Å². The molecule has 0 radical (unpaired) electrons. The van der Waals surface area contributed by atoms with Crippen LogP contribution in [0.1, 0.15) is 10.4 Å². The second-order valence-corrected chi connectivity index (χ2v) is 6.44. The lowest BCUT2D eigenvalue weighted by atomic mass is 10.1. The molecule has 2 rings (SSSR count). The largest absolute Gasteiger partial charge is 0.380 e. The van der Waals surface area contributed by atoms with E-state index in [-0.39, 0.29) is 13.1 Å². The van der Waals surface area contributed by atoms with Gasteiger partial charge < -0.3 is 15.5 Å². The number of aliphatic hydroxyl groups excluding tert-OH is 2. The number of nitrogens with zero attached hydrogens (tertiary/aromatic N) is 3. The van der Waals surface area contributed by atoms with Crippen molar-refractivity contribution >= 4 is 29.9 Å². The summed E-state index contributed by atoms with van der Waals surface area (Å²) in [5, 5.41) is 28.8. The molecule has 2 aromatic rings. The summed E-state index contributed by atoms with van der Waals surface area (Å²) in [6, 6.07) is 7.24. The van der Waals surface area contributed by atoms with E-state index in [2.05, 4.69) is 22.1 Å². The van der Waals surface area contributed by atoms with Crippen molar-refractivity contribution in [1.29, 1.82) is 0 Å². The van der Waals surface area contributed by atoms with Crippen LogP contribution in [0.2, 0.25) is 0 Å². The molecule has 2 amide bonds. The fraction of sp³-hybridized carbons (Fsp3) is 0.294. The molecule has 0 aromatic carbocycles. The van der Waals surface area contributed by atoms with Gasteiger partial charge in [-0.05, 0) is 29.5 Å². The maximum Gasteiger partial charge on any atom is 0.275 e. The summed E-state index contributed by atoms with van der Waals surface area (Å²) in [7, 11) is 0. The van der Waals surface area contributed by atoms with Crippen molar-refractivity contribution in [3.63, 3.8) is 0 Å². The molecule has 0 spiro atoms. The fourth-order valence-corrected chi connectivity index (χ4v) is 2.87. The SMILES string of the molecule is C=NN(Cc1cccnc1)C(=O)[C@H](O)[C@@H](O)C(=O)NCCc1cccs1. The summed E-state index contributed by atoms with van der Waals surface area (Å²) in [6.45, 7) is 3.59. The Morgan fingerprint density at radius 3 is 2.73 bits per heavy atom. The van der Waals surface area contributed by atoms with E-state index < -0.39 is 24.0 Å². The molecule has 0 aliphatic rings. The van der Waals surface area contributed by atoms with Gasteiger partial charge in [0.05, 0.1) is 6.54 Å². The third-order valence-corrected chi connectivity index (χ3v) is 4.49. The Bertz CT molecular complexity index is 724. The van der Waals surface area contributed by atoms with E-state index in [1.165, 1.54) is 6.20 Å². The summed E-state index contributed by atoms with van der Waals surface area (Å²) in [4.78, 5) is 29.2. The predicted octanol–water partition coefficient (Wildman–Crippen LogP) is 0.168. The summed E-state index contributed by atoms with van der Waals surface area (Å²) in [5.41, 5.74) is 0.662. The number of rotatable bonds is 9. The summed E-state index contributed by atoms with van der Waals surface area (Å²) < 4.78 is 0. The Hall–Kier alpha value is -2.62. The highest BCUT2D eigenvalue weighted by molar-refractivity contribution is 7.09. The Balaban J connectivity index is 1.87. The summed E-state index contributed by atoms with van der Waals surface area (Å²) in [6.07, 6.45) is -0.133. The minimum atomic E-state index is -1.95. The zero-order valence-corrected chi connectivity index (χ0v) is 14.8. The lowest BCUT2D eigenvalue weighted by Gasteiger charge is -2.22. The summed E-state index contributed by atoms with van der Waals surface area (Å²) >= 11 is 1.55. The third-order valence-electron chi connectivity index (χ3n) is 3.55. The van der Waals surface area contributed by atoms with Crippen LogP contribution < -0.4 is 5.32 Å². The molecule has 0 aliphatic carbocycles. The zero-order valence-electron chi connectivity index (χ0n) is 14.0. The standard InChI is InChI=1S/C17H20N4O4S/c1-18-21(11-12-4-2-7-19-10-12)17(25)15(23)14(22)16(24)20-8-6-13-5-3-9-26-13/h2-5,7,9-10,14-15,22-23H,1,6,8,11H2,(H,20,24)/t14-,15-/m1/s1. The molecule has 3 N–H and O–H groups in total. The molecule has 2 aromatic heterocycles. The van der Waals surface area contributed by atoms with Gasteiger partial charge in [0.2, 0.25) is 0 Å². The zero-order chi connectivity index (χ0) is 18.9. The molecule has 0 bridgehead atoms. The number of nitrogens with one attached hydrogen (secondary N) is 1. The molecule has 0 saturated heterocycles. The normalized spacial score (nSPS) is 12.8. The topological polar surface area (TPSA) is 115 Å². The molecule has 138 valence electrons. The number of aromatic nitrogens is 1. The van der Waals surface area contributed by atoms with Crippen LogP contribution in [0.15, 0.2) is 47.1 Å². The van der Waals surface area contributed by atoms with E-state index in [1.807, 2.05) is 17.5 Å². The Labute approximate surface area is 154 Å². The first-order valence-electron chi connectivity index (χ1n) is 7.86. The maximum absolute atomic E-state index is 12.3. The van der Waals surface area contributed by atoms with Crippen molar-refractivity contribution in [3.8, 4) is 0 Å². The van der Waals surface area contributed by atoms with Gasteiger partial charge in [-0.25, -0.2) is 5.01 Å². The molecule has 2 heterocycles. The Morgan fingerprint density at radius 2 is 2.12 bits per heavy atom. The number of hydrogen-bond donors (Lipinski definition) is 3. The molecule has 0 unspecified atom stereocenters. The average Bonchev–Trinajstić information content (AvgIpc) is 3.18. The van der Waals surface area contributed by atoms with E-state index in [1.54, 1.807) is 29.7 Å². The van der Waals surface area contributed by atoms with Crippen molar-refractivity contribution in [2.75, 3.05) is 6.54 Å². The second-order valence-electron chi connectivity index (χ2n) is 5.41. The van der Waals surface area contributed by atoms with Crippen molar-refractivity contribution in [1.82, 2.24) is 15.3 Å². The number of pyridine rings is 1. The van der Waals surface area contributed by atoms with Gasteiger partial charge in [-0.1, -0.05) is 12.1 Å². The number of thiophene rings is 1. The van der Waals surface area contributed by atoms with Crippen LogP contribution in [0.5, 0.6) is 0 Å². The van der Waals surface area contributed by atoms with Crippen LogP contribution in [-0.2, 0) is 22.6 Å². The molecule has 0 fully saturated rings. The Morgan fingerprint density at radius 1 is 1.31 bits per heavy atom. The second kappa shape index (κ2) is 9.76. The predicted molar refractivity (Wildman–Crippen MR) is 97.4 cm³/mol. The van der Waals surface area contributed by atoms with E-state index in [4.69, 9.17) is 0 Å². The third kappa shape index (κ3) is 5.45. The van der Waals surface area contributed by atoms with E-state index >= 15 is 0 Å². The van der Waals surface area contributed by atoms with Gasteiger partial charge in [-0.2, -0.15) is 5.10 Å². The van der Waals surface area contributed by atoms with Crippen LogP contribution in [0.3, 0.4) is 0 Å². The smallest absolute Gasteiger partial charge is 0.275 e. The lowest BCUT2D eigenvalue weighted by Crippen LogP contribution is -2.49. The van der Waals surface area contributed by atoms with Crippen LogP contribution in [0.4, 0.5) is 0 Å². The highest BCUT2D eigenvalue weighted by Gasteiger charge is 2.33. The molecule has 2 atom stereocenters. The van der Waals surface area contributed by atoms with Crippen LogP contribution in [-0.4, -0.2) is 57.5 Å². The fourth-order valence-electron chi connectivity index (χ4n) is 2.16. The van der Waals surface area contributed by atoms with Crippen molar-refractivity contribution in [2.45, 2.75) is 25.2 Å². The minimum absolute atomic E-state index is 0.0138. The molecule has 0 saturated carbocycles. The number of hydrogen-bond acceptors (Lipinski definition) is 7. The molecule has 0 aliphatic heterocycles. The van der Waals surface area contributed by atoms with E-state index in [0.717, 1.165) is 9.89 Å². The van der Waals surface area contributed by atoms with Crippen LogP contribution in [0.25, 0.3) is 0 Å².